The van der Waals surface area contributed by atoms with E-state index < -0.39 is 0 Å². The minimum atomic E-state index is -0.296. The molecule has 4 aromatic rings. The maximum Gasteiger partial charge on any atom is 0.282 e. The fraction of sp³-hybridized carbons (Fsp3) is 0.241. The standard InChI is InChI=1S/C29H28Br2N4O4/c1-5-18(3)28-34-24-11-8-20(30)13-22(24)29(37)35(28)32-15-19-12-25(38-4)26(14-23(19)31)39-16-27(36)33-21-9-6-17(2)7-10-21/h6-15,18H,5,16H2,1-4H3,(H,33,36)/t18-/m1/s1. The number of rotatable bonds is 9. The van der Waals surface area contributed by atoms with Gasteiger partial charge in [0.25, 0.3) is 11.5 Å². The summed E-state index contributed by atoms with van der Waals surface area (Å²) in [5.41, 5.74) is 2.82. The highest BCUT2D eigenvalue weighted by Gasteiger charge is 2.16. The first-order valence-electron chi connectivity index (χ1n) is 12.3. The molecule has 0 radical (unpaired) electrons. The zero-order valence-electron chi connectivity index (χ0n) is 22.0. The molecular formula is C29H28Br2N4O4. The van der Waals surface area contributed by atoms with Crippen molar-refractivity contribution in [3.8, 4) is 11.5 Å². The van der Waals surface area contributed by atoms with Crippen molar-refractivity contribution < 1.29 is 14.3 Å². The molecule has 1 aromatic heterocycles. The average molecular weight is 656 g/mol. The molecule has 202 valence electrons. The predicted molar refractivity (Wildman–Crippen MR) is 161 cm³/mol. The second-order valence-corrected chi connectivity index (χ2v) is 10.8. The summed E-state index contributed by atoms with van der Waals surface area (Å²) >= 11 is 6.97. The lowest BCUT2D eigenvalue weighted by molar-refractivity contribution is -0.118. The topological polar surface area (TPSA) is 94.8 Å². The van der Waals surface area contributed by atoms with E-state index in [1.165, 1.54) is 11.8 Å². The van der Waals surface area contributed by atoms with Crippen molar-refractivity contribution in [3.05, 3.63) is 90.8 Å². The molecule has 1 atom stereocenters. The number of carbonyl (C=O) groups excluding carboxylic acids is 1. The Hall–Kier alpha value is -3.50. The number of nitrogens with zero attached hydrogens (tertiary/aromatic N) is 3. The van der Waals surface area contributed by atoms with E-state index >= 15 is 0 Å². The molecule has 3 aromatic carbocycles. The quantitative estimate of drug-likeness (QED) is 0.204. The lowest BCUT2D eigenvalue weighted by atomic mass is 10.1. The minimum Gasteiger partial charge on any atom is -0.493 e. The van der Waals surface area contributed by atoms with Gasteiger partial charge in [-0.05, 0) is 71.7 Å². The SMILES string of the molecule is CC[C@@H](C)c1nc2ccc(Br)cc2c(=O)n1N=Cc1cc(OC)c(OCC(=O)Nc2ccc(C)cc2)cc1Br. The van der Waals surface area contributed by atoms with Crippen LogP contribution in [0, 0.1) is 6.92 Å². The van der Waals surface area contributed by atoms with Crippen LogP contribution in [-0.2, 0) is 4.79 Å². The number of nitrogens with one attached hydrogen (secondary N) is 1. The fourth-order valence-corrected chi connectivity index (χ4v) is 4.58. The zero-order chi connectivity index (χ0) is 28.1. The Bertz CT molecular complexity index is 1600. The zero-order valence-corrected chi connectivity index (χ0v) is 25.2. The molecule has 0 aliphatic rings. The summed E-state index contributed by atoms with van der Waals surface area (Å²) in [5, 5.41) is 7.80. The first-order valence-corrected chi connectivity index (χ1v) is 13.9. The largest absolute Gasteiger partial charge is 0.493 e. The van der Waals surface area contributed by atoms with Gasteiger partial charge in [0.1, 0.15) is 5.82 Å². The van der Waals surface area contributed by atoms with Gasteiger partial charge >= 0.3 is 0 Å². The lowest BCUT2D eigenvalue weighted by Crippen LogP contribution is -2.23. The van der Waals surface area contributed by atoms with Crippen molar-refractivity contribution in [3.63, 3.8) is 0 Å². The fourth-order valence-electron chi connectivity index (χ4n) is 3.80. The summed E-state index contributed by atoms with van der Waals surface area (Å²) in [7, 11) is 1.51. The van der Waals surface area contributed by atoms with E-state index in [1.807, 2.05) is 57.2 Å². The Balaban J connectivity index is 1.60. The minimum absolute atomic E-state index is 0.0164. The molecule has 4 rings (SSSR count). The number of aryl methyl sites for hydroxylation is 1. The number of benzene rings is 3. The van der Waals surface area contributed by atoms with Gasteiger partial charge in [0, 0.05) is 26.1 Å². The molecule has 10 heteroatoms. The molecule has 0 saturated carbocycles. The van der Waals surface area contributed by atoms with Gasteiger partial charge in [-0.25, -0.2) is 4.98 Å². The summed E-state index contributed by atoms with van der Waals surface area (Å²) in [6.07, 6.45) is 2.37. The Labute approximate surface area is 243 Å². The van der Waals surface area contributed by atoms with Crippen molar-refractivity contribution in [1.82, 2.24) is 9.66 Å². The number of aromatic nitrogens is 2. The van der Waals surface area contributed by atoms with Crippen LogP contribution in [0.5, 0.6) is 11.5 Å². The van der Waals surface area contributed by atoms with E-state index in [-0.39, 0.29) is 24.0 Å². The number of hydrogen-bond donors (Lipinski definition) is 1. The number of carbonyl (C=O) groups is 1. The van der Waals surface area contributed by atoms with Crippen LogP contribution in [0.15, 0.2) is 73.4 Å². The first kappa shape index (κ1) is 28.5. The third-order valence-corrected chi connectivity index (χ3v) is 7.36. The van der Waals surface area contributed by atoms with Crippen LogP contribution in [-0.4, -0.2) is 35.5 Å². The Morgan fingerprint density at radius 2 is 1.87 bits per heavy atom. The van der Waals surface area contributed by atoms with E-state index in [4.69, 9.17) is 14.5 Å². The highest BCUT2D eigenvalue weighted by Crippen LogP contribution is 2.33. The molecule has 0 unspecified atom stereocenters. The van der Waals surface area contributed by atoms with E-state index in [0.29, 0.717) is 43.9 Å². The normalized spacial score (nSPS) is 12.1. The molecule has 8 nitrogen and oxygen atoms in total. The molecule has 0 fully saturated rings. The van der Waals surface area contributed by atoms with Gasteiger partial charge in [-0.2, -0.15) is 9.78 Å². The van der Waals surface area contributed by atoms with Crippen molar-refractivity contribution in [2.24, 2.45) is 5.10 Å². The molecule has 39 heavy (non-hydrogen) atoms. The second kappa shape index (κ2) is 12.6. The van der Waals surface area contributed by atoms with E-state index in [0.717, 1.165) is 16.5 Å². The van der Waals surface area contributed by atoms with Crippen LogP contribution in [0.1, 0.15) is 43.1 Å². The van der Waals surface area contributed by atoms with Gasteiger partial charge in [0.05, 0.1) is 24.2 Å². The third-order valence-electron chi connectivity index (χ3n) is 6.18. The van der Waals surface area contributed by atoms with E-state index in [9.17, 15) is 9.59 Å². The van der Waals surface area contributed by atoms with Crippen LogP contribution in [0.3, 0.4) is 0 Å². The highest BCUT2D eigenvalue weighted by atomic mass is 79.9. The van der Waals surface area contributed by atoms with Crippen molar-refractivity contribution >= 4 is 60.6 Å². The molecule has 0 spiro atoms. The summed E-state index contributed by atoms with van der Waals surface area (Å²) in [6.45, 7) is 5.83. The van der Waals surface area contributed by atoms with Crippen LogP contribution >= 0.6 is 31.9 Å². The molecule has 0 saturated heterocycles. The van der Waals surface area contributed by atoms with Gasteiger partial charge in [0.2, 0.25) is 0 Å². The number of halogens is 2. The van der Waals surface area contributed by atoms with Gasteiger partial charge < -0.3 is 14.8 Å². The monoisotopic (exact) mass is 654 g/mol. The first-order chi connectivity index (χ1) is 18.7. The van der Waals surface area contributed by atoms with Crippen molar-refractivity contribution in [1.29, 1.82) is 0 Å². The number of hydrogen-bond acceptors (Lipinski definition) is 6. The summed E-state index contributed by atoms with van der Waals surface area (Å²) in [6, 6.07) is 16.4. The lowest BCUT2D eigenvalue weighted by Gasteiger charge is -2.15. The molecule has 1 N–H and O–H groups in total. The average Bonchev–Trinajstić information content (AvgIpc) is 2.93. The predicted octanol–water partition coefficient (Wildman–Crippen LogP) is 6.65. The van der Waals surface area contributed by atoms with Crippen LogP contribution < -0.4 is 20.3 Å². The van der Waals surface area contributed by atoms with Crippen LogP contribution in [0.2, 0.25) is 0 Å². The molecule has 1 heterocycles. The Morgan fingerprint density at radius 3 is 2.56 bits per heavy atom. The molecule has 0 aliphatic heterocycles. The van der Waals surface area contributed by atoms with Gasteiger partial charge in [-0.1, -0.05) is 47.5 Å². The van der Waals surface area contributed by atoms with Gasteiger partial charge in [0.15, 0.2) is 18.1 Å². The number of fused-ring (bicyclic) bond motifs is 1. The van der Waals surface area contributed by atoms with Gasteiger partial charge in [-0.3, -0.25) is 9.59 Å². The van der Waals surface area contributed by atoms with Gasteiger partial charge in [-0.15, -0.1) is 0 Å². The maximum atomic E-state index is 13.4. The highest BCUT2D eigenvalue weighted by molar-refractivity contribution is 9.10. The van der Waals surface area contributed by atoms with E-state index in [2.05, 4.69) is 42.3 Å². The second-order valence-electron chi connectivity index (χ2n) is 9.03. The Kier molecular flexibility index (Phi) is 9.19. The molecule has 0 bridgehead atoms. The maximum absolute atomic E-state index is 13.4. The number of anilines is 1. The molecule has 0 aliphatic carbocycles. The summed E-state index contributed by atoms with van der Waals surface area (Å²) in [4.78, 5) is 30.5. The summed E-state index contributed by atoms with van der Waals surface area (Å²) < 4.78 is 14.0. The summed E-state index contributed by atoms with van der Waals surface area (Å²) in [5.74, 6) is 1.10. The number of amides is 1. The van der Waals surface area contributed by atoms with E-state index in [1.54, 1.807) is 24.4 Å². The third kappa shape index (κ3) is 6.75. The molecular weight excluding hydrogens is 628 g/mol. The van der Waals surface area contributed by atoms with Crippen molar-refractivity contribution in [2.75, 3.05) is 19.0 Å². The van der Waals surface area contributed by atoms with Crippen molar-refractivity contribution in [2.45, 2.75) is 33.1 Å². The molecule has 1 amide bonds. The number of ether oxygens (including phenoxy) is 2. The van der Waals surface area contributed by atoms with Crippen LogP contribution in [0.25, 0.3) is 10.9 Å². The smallest absolute Gasteiger partial charge is 0.282 e. The Morgan fingerprint density at radius 1 is 1.13 bits per heavy atom. The number of methoxy groups -OCH3 is 1. The van der Waals surface area contributed by atoms with Crippen LogP contribution in [0.4, 0.5) is 5.69 Å².